The van der Waals surface area contributed by atoms with Crippen LogP contribution in [0.4, 0.5) is 0 Å². The van der Waals surface area contributed by atoms with Crippen LogP contribution in [0.1, 0.15) is 36.5 Å². The molecule has 5 nitrogen and oxygen atoms in total. The Morgan fingerprint density at radius 2 is 2.14 bits per heavy atom. The van der Waals surface area contributed by atoms with Gasteiger partial charge in [-0.3, -0.25) is 0 Å². The highest BCUT2D eigenvalue weighted by molar-refractivity contribution is 5.94. The summed E-state index contributed by atoms with van der Waals surface area (Å²) in [6.45, 7) is 5.00. The van der Waals surface area contributed by atoms with Gasteiger partial charge < -0.3 is 14.6 Å². The zero-order chi connectivity index (χ0) is 16.1. The molecule has 2 rings (SSSR count). The third-order valence-electron chi connectivity index (χ3n) is 3.22. The molecule has 0 aliphatic heterocycles. The van der Waals surface area contributed by atoms with Crippen LogP contribution in [0.15, 0.2) is 42.5 Å². The summed E-state index contributed by atoms with van der Waals surface area (Å²) in [5, 5.41) is 9.80. The number of rotatable bonds is 4. The molecule has 116 valence electrons. The number of carbonyl (C=O) groups is 2. The van der Waals surface area contributed by atoms with Gasteiger partial charge in [0, 0.05) is 5.57 Å². The summed E-state index contributed by atoms with van der Waals surface area (Å²) in [6.07, 6.45) is 6.20. The molecule has 0 saturated heterocycles. The molecule has 1 unspecified atom stereocenters. The van der Waals surface area contributed by atoms with Crippen molar-refractivity contribution in [3.05, 3.63) is 48.1 Å². The number of aromatic hydroxyl groups is 1. The van der Waals surface area contributed by atoms with Crippen LogP contribution in [0.5, 0.6) is 11.5 Å². The SMILES string of the molecule is C=C(C)C(=O)Oc1ccc(O)c(C(=O)OC2C=CCCC2)c1. The quantitative estimate of drug-likeness (QED) is 0.400. The van der Waals surface area contributed by atoms with Crippen molar-refractivity contribution in [3.8, 4) is 11.5 Å². The van der Waals surface area contributed by atoms with Gasteiger partial charge in [0.1, 0.15) is 23.2 Å². The first kappa shape index (κ1) is 15.8. The highest BCUT2D eigenvalue weighted by Gasteiger charge is 2.19. The summed E-state index contributed by atoms with van der Waals surface area (Å²) in [6, 6.07) is 3.97. The van der Waals surface area contributed by atoms with Crippen molar-refractivity contribution in [2.75, 3.05) is 0 Å². The first-order valence-electron chi connectivity index (χ1n) is 7.05. The van der Waals surface area contributed by atoms with E-state index in [-0.39, 0.29) is 28.7 Å². The fraction of sp³-hybridized carbons (Fsp3) is 0.294. The summed E-state index contributed by atoms with van der Waals surface area (Å²) in [5.74, 6) is -1.32. The second-order valence-corrected chi connectivity index (χ2v) is 5.15. The van der Waals surface area contributed by atoms with Crippen LogP contribution in [0, 0.1) is 0 Å². The first-order valence-corrected chi connectivity index (χ1v) is 7.05. The number of esters is 2. The van der Waals surface area contributed by atoms with Gasteiger partial charge in [-0.25, -0.2) is 9.59 Å². The van der Waals surface area contributed by atoms with E-state index in [2.05, 4.69) is 6.58 Å². The van der Waals surface area contributed by atoms with Gasteiger partial charge in [0.05, 0.1) is 0 Å². The van der Waals surface area contributed by atoms with Gasteiger partial charge in [0.25, 0.3) is 0 Å². The second-order valence-electron chi connectivity index (χ2n) is 5.15. The smallest absolute Gasteiger partial charge is 0.342 e. The van der Waals surface area contributed by atoms with Crippen LogP contribution in [0.25, 0.3) is 0 Å². The molecule has 5 heteroatoms. The van der Waals surface area contributed by atoms with Crippen molar-refractivity contribution in [2.45, 2.75) is 32.3 Å². The predicted octanol–water partition coefficient (Wildman–Crippen LogP) is 3.14. The van der Waals surface area contributed by atoms with Crippen LogP contribution in [-0.4, -0.2) is 23.1 Å². The lowest BCUT2D eigenvalue weighted by molar-refractivity contribution is -0.130. The molecule has 0 spiro atoms. The third kappa shape index (κ3) is 3.97. The van der Waals surface area contributed by atoms with E-state index >= 15 is 0 Å². The van der Waals surface area contributed by atoms with E-state index in [4.69, 9.17) is 9.47 Å². The Hall–Kier alpha value is -2.56. The standard InChI is InChI=1S/C17H18O5/c1-11(2)16(19)22-13-8-9-15(18)14(10-13)17(20)21-12-6-4-3-5-7-12/h4,6,8-10,12,18H,1,3,5,7H2,2H3. The molecular formula is C17H18O5. The van der Waals surface area contributed by atoms with Crippen molar-refractivity contribution in [1.29, 1.82) is 0 Å². The summed E-state index contributed by atoms with van der Waals surface area (Å²) >= 11 is 0. The maximum Gasteiger partial charge on any atom is 0.342 e. The molecule has 1 aliphatic carbocycles. The maximum absolute atomic E-state index is 12.1. The number of phenolic OH excluding ortho intramolecular Hbond substituents is 1. The topological polar surface area (TPSA) is 72.8 Å². The number of allylic oxidation sites excluding steroid dienone is 1. The molecule has 0 fully saturated rings. The fourth-order valence-electron chi connectivity index (χ4n) is 2.02. The molecule has 0 bridgehead atoms. The molecule has 1 atom stereocenters. The van der Waals surface area contributed by atoms with Gasteiger partial charge in [0.15, 0.2) is 0 Å². The monoisotopic (exact) mass is 302 g/mol. The Labute approximate surface area is 128 Å². The highest BCUT2D eigenvalue weighted by atomic mass is 16.5. The van der Waals surface area contributed by atoms with E-state index in [9.17, 15) is 14.7 Å². The van der Waals surface area contributed by atoms with E-state index < -0.39 is 11.9 Å². The fourth-order valence-corrected chi connectivity index (χ4v) is 2.02. The molecular weight excluding hydrogens is 284 g/mol. The zero-order valence-electron chi connectivity index (χ0n) is 12.4. The van der Waals surface area contributed by atoms with Crippen LogP contribution in [0.2, 0.25) is 0 Å². The third-order valence-corrected chi connectivity index (χ3v) is 3.22. The van der Waals surface area contributed by atoms with Crippen LogP contribution in [0.3, 0.4) is 0 Å². The first-order chi connectivity index (χ1) is 10.5. The van der Waals surface area contributed by atoms with E-state index in [0.717, 1.165) is 19.3 Å². The Bertz CT molecular complexity index is 630. The Morgan fingerprint density at radius 3 is 2.77 bits per heavy atom. The van der Waals surface area contributed by atoms with Crippen LogP contribution >= 0.6 is 0 Å². The molecule has 1 N–H and O–H groups in total. The minimum atomic E-state index is -0.651. The molecule has 1 aliphatic rings. The number of hydrogen-bond donors (Lipinski definition) is 1. The van der Waals surface area contributed by atoms with Crippen molar-refractivity contribution >= 4 is 11.9 Å². The van der Waals surface area contributed by atoms with Gasteiger partial charge in [-0.15, -0.1) is 0 Å². The predicted molar refractivity (Wildman–Crippen MR) is 80.8 cm³/mol. The minimum Gasteiger partial charge on any atom is -0.507 e. The number of ether oxygens (including phenoxy) is 2. The van der Waals surface area contributed by atoms with Crippen molar-refractivity contribution in [3.63, 3.8) is 0 Å². The van der Waals surface area contributed by atoms with Crippen molar-refractivity contribution < 1.29 is 24.2 Å². The Morgan fingerprint density at radius 1 is 1.36 bits per heavy atom. The average molecular weight is 302 g/mol. The summed E-state index contributed by atoms with van der Waals surface area (Å²) in [7, 11) is 0. The van der Waals surface area contributed by atoms with E-state index in [1.807, 2.05) is 12.2 Å². The largest absolute Gasteiger partial charge is 0.507 e. The van der Waals surface area contributed by atoms with Gasteiger partial charge in [0.2, 0.25) is 0 Å². The summed E-state index contributed by atoms with van der Waals surface area (Å²) in [4.78, 5) is 23.6. The lowest BCUT2D eigenvalue weighted by Gasteiger charge is -2.17. The van der Waals surface area contributed by atoms with E-state index in [1.54, 1.807) is 0 Å². The lowest BCUT2D eigenvalue weighted by atomic mass is 10.1. The normalized spacial score (nSPS) is 16.9. The van der Waals surface area contributed by atoms with Crippen molar-refractivity contribution in [1.82, 2.24) is 0 Å². The van der Waals surface area contributed by atoms with Crippen LogP contribution < -0.4 is 4.74 Å². The van der Waals surface area contributed by atoms with Gasteiger partial charge >= 0.3 is 11.9 Å². The lowest BCUT2D eigenvalue weighted by Crippen LogP contribution is -2.18. The number of phenols is 1. The minimum absolute atomic E-state index is 0.0361. The average Bonchev–Trinajstić information content (AvgIpc) is 2.50. The van der Waals surface area contributed by atoms with Gasteiger partial charge in [-0.05, 0) is 50.5 Å². The second kappa shape index (κ2) is 6.93. The van der Waals surface area contributed by atoms with Crippen molar-refractivity contribution in [2.24, 2.45) is 0 Å². The Kier molecular flexibility index (Phi) is 4.99. The zero-order valence-corrected chi connectivity index (χ0v) is 12.4. The summed E-state index contributed by atoms with van der Waals surface area (Å²) in [5.41, 5.74) is 0.204. The number of benzene rings is 1. The molecule has 0 heterocycles. The number of hydrogen-bond acceptors (Lipinski definition) is 5. The van der Waals surface area contributed by atoms with E-state index in [0.29, 0.717) is 0 Å². The highest BCUT2D eigenvalue weighted by Crippen LogP contribution is 2.25. The summed E-state index contributed by atoms with van der Waals surface area (Å²) < 4.78 is 10.4. The van der Waals surface area contributed by atoms with Crippen LogP contribution in [-0.2, 0) is 9.53 Å². The van der Waals surface area contributed by atoms with E-state index in [1.165, 1.54) is 25.1 Å². The molecule has 0 radical (unpaired) electrons. The molecule has 0 aromatic heterocycles. The molecule has 0 amide bonds. The molecule has 0 saturated carbocycles. The molecule has 1 aromatic rings. The molecule has 22 heavy (non-hydrogen) atoms. The number of carbonyl (C=O) groups excluding carboxylic acids is 2. The maximum atomic E-state index is 12.1. The molecule has 1 aromatic carbocycles. The van der Waals surface area contributed by atoms with Gasteiger partial charge in [-0.2, -0.15) is 0 Å². The van der Waals surface area contributed by atoms with Gasteiger partial charge in [-0.1, -0.05) is 12.7 Å². The Balaban J connectivity index is 2.13.